The molecular weight excluding hydrogens is 272 g/mol. The van der Waals surface area contributed by atoms with Gasteiger partial charge in [0.2, 0.25) is 0 Å². The molecule has 6 heteroatoms. The monoisotopic (exact) mass is 296 g/mol. The molecule has 1 aromatic rings. The highest BCUT2D eigenvalue weighted by atomic mass is 16.4. The third kappa shape index (κ3) is 8.06. The Morgan fingerprint density at radius 1 is 1.14 bits per heavy atom. The van der Waals surface area contributed by atoms with Crippen molar-refractivity contribution in [1.29, 1.82) is 0 Å². The van der Waals surface area contributed by atoms with Crippen molar-refractivity contribution in [2.75, 3.05) is 6.54 Å². The highest BCUT2D eigenvalue weighted by Gasteiger charge is 2.16. The lowest BCUT2D eigenvalue weighted by molar-refractivity contribution is -0.139. The molecule has 2 unspecified atom stereocenters. The van der Waals surface area contributed by atoms with Crippen LogP contribution in [0.5, 0.6) is 0 Å². The number of hydrogen-bond acceptors (Lipinski definition) is 4. The molecule has 0 heterocycles. The number of rotatable bonds is 7. The van der Waals surface area contributed by atoms with Crippen LogP contribution in [0.2, 0.25) is 0 Å². The van der Waals surface area contributed by atoms with Crippen molar-refractivity contribution >= 4 is 11.9 Å². The van der Waals surface area contributed by atoms with Crippen molar-refractivity contribution in [3.8, 4) is 0 Å². The molecule has 0 radical (unpaired) electrons. The lowest BCUT2D eigenvalue weighted by Gasteiger charge is -2.08. The van der Waals surface area contributed by atoms with Crippen molar-refractivity contribution in [3.63, 3.8) is 0 Å². The van der Waals surface area contributed by atoms with Crippen LogP contribution in [0.15, 0.2) is 30.3 Å². The molecule has 2 atom stereocenters. The van der Waals surface area contributed by atoms with E-state index in [0.29, 0.717) is 25.8 Å². The summed E-state index contributed by atoms with van der Waals surface area (Å²) in [5.74, 6) is -2.06. The van der Waals surface area contributed by atoms with Crippen LogP contribution in [0, 0.1) is 0 Å². The molecule has 0 fully saturated rings. The Hall–Kier alpha value is -1.92. The van der Waals surface area contributed by atoms with E-state index >= 15 is 0 Å². The van der Waals surface area contributed by atoms with Crippen molar-refractivity contribution in [3.05, 3.63) is 35.9 Å². The van der Waals surface area contributed by atoms with Crippen molar-refractivity contribution < 1.29 is 19.8 Å². The Balaban J connectivity index is 0.000000400. The number of carboxylic acid groups (broad SMARTS) is 2. The molecule has 0 aliphatic carbocycles. The Bertz CT molecular complexity index is 423. The van der Waals surface area contributed by atoms with Gasteiger partial charge >= 0.3 is 11.9 Å². The first-order chi connectivity index (χ1) is 9.93. The van der Waals surface area contributed by atoms with E-state index in [1.807, 2.05) is 37.3 Å². The zero-order valence-electron chi connectivity index (χ0n) is 12.2. The van der Waals surface area contributed by atoms with Crippen molar-refractivity contribution in [1.82, 2.24) is 0 Å². The van der Waals surface area contributed by atoms with Gasteiger partial charge in [-0.3, -0.25) is 9.59 Å². The minimum absolute atomic E-state index is 0.355. The summed E-state index contributed by atoms with van der Waals surface area (Å²) in [7, 11) is 0. The Morgan fingerprint density at radius 3 is 2.10 bits per heavy atom. The molecule has 21 heavy (non-hydrogen) atoms. The van der Waals surface area contributed by atoms with Gasteiger partial charge in [0.1, 0.15) is 6.04 Å². The smallest absolute Gasteiger partial charge is 0.320 e. The number of carbonyl (C=O) groups is 2. The lowest BCUT2D eigenvalue weighted by atomic mass is 9.97. The number of benzene rings is 1. The summed E-state index contributed by atoms with van der Waals surface area (Å²) in [6.45, 7) is 2.38. The average molecular weight is 296 g/mol. The fourth-order valence-electron chi connectivity index (χ4n) is 1.70. The molecule has 0 amide bonds. The molecule has 0 aromatic heterocycles. The van der Waals surface area contributed by atoms with Gasteiger partial charge in [-0.25, -0.2) is 0 Å². The van der Waals surface area contributed by atoms with Gasteiger partial charge in [-0.15, -0.1) is 0 Å². The molecule has 1 aromatic carbocycles. The number of nitrogens with two attached hydrogens (primary N) is 2. The third-order valence-corrected chi connectivity index (χ3v) is 2.94. The average Bonchev–Trinajstić information content (AvgIpc) is 2.46. The summed E-state index contributed by atoms with van der Waals surface area (Å²) in [5, 5.41) is 17.1. The van der Waals surface area contributed by atoms with Gasteiger partial charge in [-0.05, 0) is 31.4 Å². The Morgan fingerprint density at radius 2 is 1.71 bits per heavy atom. The SMILES string of the molecule is CCC(C(=O)O)c1ccccc1.NCCCC(N)C(=O)O. The van der Waals surface area contributed by atoms with Crippen molar-refractivity contribution in [2.45, 2.75) is 38.1 Å². The molecule has 0 saturated carbocycles. The predicted molar refractivity (Wildman–Crippen MR) is 81.0 cm³/mol. The van der Waals surface area contributed by atoms with Crippen LogP contribution in [-0.2, 0) is 9.59 Å². The highest BCUT2D eigenvalue weighted by Crippen LogP contribution is 2.18. The fourth-order valence-corrected chi connectivity index (χ4v) is 1.70. The van der Waals surface area contributed by atoms with Gasteiger partial charge in [0.15, 0.2) is 0 Å². The first kappa shape index (κ1) is 19.1. The van der Waals surface area contributed by atoms with Crippen LogP contribution in [-0.4, -0.2) is 34.7 Å². The Labute approximate surface area is 124 Å². The maximum absolute atomic E-state index is 10.7. The second-order valence-corrected chi connectivity index (χ2v) is 4.59. The summed E-state index contributed by atoms with van der Waals surface area (Å²) < 4.78 is 0. The van der Waals surface area contributed by atoms with Crippen LogP contribution in [0.25, 0.3) is 0 Å². The minimum atomic E-state index is -0.955. The molecule has 118 valence electrons. The molecule has 6 N–H and O–H groups in total. The van der Waals surface area contributed by atoms with Gasteiger partial charge in [-0.2, -0.15) is 0 Å². The number of aliphatic carboxylic acids is 2. The molecule has 6 nitrogen and oxygen atoms in total. The summed E-state index contributed by atoms with van der Waals surface area (Å²) in [4.78, 5) is 20.8. The van der Waals surface area contributed by atoms with Gasteiger partial charge in [0, 0.05) is 0 Å². The molecule has 1 rings (SSSR count). The topological polar surface area (TPSA) is 127 Å². The van der Waals surface area contributed by atoms with E-state index < -0.39 is 18.0 Å². The van der Waals surface area contributed by atoms with E-state index in [1.165, 1.54) is 0 Å². The molecule has 0 bridgehead atoms. The van der Waals surface area contributed by atoms with E-state index in [2.05, 4.69) is 0 Å². The van der Waals surface area contributed by atoms with E-state index in [-0.39, 0.29) is 5.92 Å². The number of hydrogen-bond donors (Lipinski definition) is 4. The molecule has 0 spiro atoms. The summed E-state index contributed by atoms with van der Waals surface area (Å²) in [6, 6.07) is 8.57. The van der Waals surface area contributed by atoms with Crippen LogP contribution in [0.4, 0.5) is 0 Å². The second-order valence-electron chi connectivity index (χ2n) is 4.59. The molecular formula is C15H24N2O4. The minimum Gasteiger partial charge on any atom is -0.481 e. The van der Waals surface area contributed by atoms with Crippen LogP contribution >= 0.6 is 0 Å². The molecule has 0 saturated heterocycles. The zero-order valence-corrected chi connectivity index (χ0v) is 12.2. The van der Waals surface area contributed by atoms with Crippen LogP contribution in [0.3, 0.4) is 0 Å². The molecule has 0 aliphatic rings. The van der Waals surface area contributed by atoms with E-state index in [1.54, 1.807) is 0 Å². The van der Waals surface area contributed by atoms with Gasteiger partial charge in [-0.1, -0.05) is 37.3 Å². The van der Waals surface area contributed by atoms with Gasteiger partial charge < -0.3 is 21.7 Å². The predicted octanol–water partition coefficient (Wildman–Crippen LogP) is 1.40. The fraction of sp³-hybridized carbons (Fsp3) is 0.467. The molecule has 0 aliphatic heterocycles. The summed E-state index contributed by atoms with van der Waals surface area (Å²) in [6.07, 6.45) is 1.78. The standard InChI is InChI=1S/C10H12O2.C5H12N2O2/c1-2-9(10(11)12)8-6-4-3-5-7-8;6-3-1-2-4(7)5(8)9/h3-7,9H,2H2,1H3,(H,11,12);4H,1-3,6-7H2,(H,8,9). The van der Waals surface area contributed by atoms with Gasteiger partial charge in [0.25, 0.3) is 0 Å². The largest absolute Gasteiger partial charge is 0.481 e. The first-order valence-electron chi connectivity index (χ1n) is 6.90. The normalized spacial score (nSPS) is 12.7. The second kappa shape index (κ2) is 10.8. The zero-order chi connectivity index (χ0) is 16.3. The van der Waals surface area contributed by atoms with Crippen molar-refractivity contribution in [2.24, 2.45) is 11.5 Å². The Kier molecular flexibility index (Phi) is 9.83. The number of carboxylic acids is 2. The maximum atomic E-state index is 10.7. The lowest BCUT2D eigenvalue weighted by Crippen LogP contribution is -2.30. The van der Waals surface area contributed by atoms with Crippen LogP contribution in [0.1, 0.15) is 37.7 Å². The third-order valence-electron chi connectivity index (χ3n) is 2.94. The van der Waals surface area contributed by atoms with E-state index in [0.717, 1.165) is 5.56 Å². The first-order valence-corrected chi connectivity index (χ1v) is 6.90. The summed E-state index contributed by atoms with van der Waals surface area (Å²) >= 11 is 0. The van der Waals surface area contributed by atoms with Crippen LogP contribution < -0.4 is 11.5 Å². The van der Waals surface area contributed by atoms with Gasteiger partial charge in [0.05, 0.1) is 5.92 Å². The quantitative estimate of drug-likeness (QED) is 0.602. The van der Waals surface area contributed by atoms with E-state index in [9.17, 15) is 9.59 Å². The highest BCUT2D eigenvalue weighted by molar-refractivity contribution is 5.75. The van der Waals surface area contributed by atoms with E-state index in [4.69, 9.17) is 21.7 Å². The maximum Gasteiger partial charge on any atom is 0.320 e. The summed E-state index contributed by atoms with van der Waals surface area (Å²) in [5.41, 5.74) is 11.2.